The molecule has 0 unspecified atom stereocenters. The average molecular weight is 276 g/mol. The fourth-order valence-electron chi connectivity index (χ4n) is 1.06. The molecule has 0 atom stereocenters. The molecular formula is C9H13IN2. The van der Waals surface area contributed by atoms with E-state index in [1.165, 1.54) is 11.1 Å². The summed E-state index contributed by atoms with van der Waals surface area (Å²) in [5.74, 6) is 0. The van der Waals surface area contributed by atoms with Crippen LogP contribution in [0.15, 0.2) is 24.3 Å². The van der Waals surface area contributed by atoms with Crippen LogP contribution in [0.1, 0.15) is 11.1 Å². The average Bonchev–Trinajstić information content (AvgIpc) is 2.09. The van der Waals surface area contributed by atoms with Gasteiger partial charge < -0.3 is 5.32 Å². The Labute approximate surface area is 87.2 Å². The van der Waals surface area contributed by atoms with Crippen LogP contribution in [0, 0.1) is 0 Å². The van der Waals surface area contributed by atoms with E-state index in [2.05, 4.69) is 56.0 Å². The highest BCUT2D eigenvalue weighted by Gasteiger charge is 1.91. The molecule has 0 aliphatic heterocycles. The summed E-state index contributed by atoms with van der Waals surface area (Å²) in [6.45, 7) is 1.87. The fourth-order valence-corrected chi connectivity index (χ4v) is 1.50. The molecule has 12 heavy (non-hydrogen) atoms. The predicted molar refractivity (Wildman–Crippen MR) is 60.1 cm³/mol. The Morgan fingerprint density at radius 3 is 2.00 bits per heavy atom. The summed E-state index contributed by atoms with van der Waals surface area (Å²) >= 11 is 2.15. The maximum Gasteiger partial charge on any atom is 0.0301 e. The van der Waals surface area contributed by atoms with Crippen molar-refractivity contribution in [3.63, 3.8) is 0 Å². The van der Waals surface area contributed by atoms with Gasteiger partial charge in [-0.1, -0.05) is 24.3 Å². The molecule has 1 aromatic rings. The van der Waals surface area contributed by atoms with E-state index in [-0.39, 0.29) is 0 Å². The number of hydrogen-bond donors (Lipinski definition) is 2. The Bertz CT molecular complexity index is 195. The van der Waals surface area contributed by atoms with E-state index in [0.717, 1.165) is 13.1 Å². The zero-order valence-corrected chi connectivity index (χ0v) is 9.26. The van der Waals surface area contributed by atoms with Gasteiger partial charge in [-0.05, 0) is 18.2 Å². The SMILES string of the molecule is CNCc1ccc(CNI)cc1. The Kier molecular flexibility index (Phi) is 4.57. The first-order valence-electron chi connectivity index (χ1n) is 3.92. The quantitative estimate of drug-likeness (QED) is 0.648. The van der Waals surface area contributed by atoms with Gasteiger partial charge in [0, 0.05) is 36.0 Å². The van der Waals surface area contributed by atoms with Crippen LogP contribution in [0.3, 0.4) is 0 Å². The van der Waals surface area contributed by atoms with Crippen molar-refractivity contribution in [2.45, 2.75) is 13.1 Å². The molecule has 0 fully saturated rings. The van der Waals surface area contributed by atoms with Crippen molar-refractivity contribution in [1.82, 2.24) is 8.85 Å². The van der Waals surface area contributed by atoms with Gasteiger partial charge in [-0.25, -0.2) is 0 Å². The standard InChI is InChI=1S/C9H13IN2/c1-11-6-8-2-4-9(5-3-8)7-12-10/h2-5,11-12H,6-7H2,1H3. The number of rotatable bonds is 4. The third-order valence-corrected chi connectivity index (χ3v) is 2.06. The Balaban J connectivity index is 2.58. The molecule has 2 N–H and O–H groups in total. The molecule has 0 saturated carbocycles. The monoisotopic (exact) mass is 276 g/mol. The molecule has 1 rings (SSSR count). The van der Waals surface area contributed by atoms with Crippen molar-refractivity contribution in [3.05, 3.63) is 35.4 Å². The molecule has 0 spiro atoms. The molecule has 0 amide bonds. The van der Waals surface area contributed by atoms with Gasteiger partial charge in [0.05, 0.1) is 0 Å². The third kappa shape index (κ3) is 3.08. The van der Waals surface area contributed by atoms with Crippen molar-refractivity contribution in [3.8, 4) is 0 Å². The summed E-state index contributed by atoms with van der Waals surface area (Å²) in [7, 11) is 1.96. The summed E-state index contributed by atoms with van der Waals surface area (Å²) in [6, 6.07) is 8.61. The van der Waals surface area contributed by atoms with Crippen molar-refractivity contribution in [1.29, 1.82) is 0 Å². The highest BCUT2D eigenvalue weighted by atomic mass is 127. The van der Waals surface area contributed by atoms with E-state index in [0.29, 0.717) is 0 Å². The second kappa shape index (κ2) is 5.50. The molecule has 1 aromatic carbocycles. The summed E-state index contributed by atoms with van der Waals surface area (Å²) in [5.41, 5.74) is 2.65. The number of nitrogens with one attached hydrogen (secondary N) is 2. The van der Waals surface area contributed by atoms with Crippen LogP contribution in [0.5, 0.6) is 0 Å². The topological polar surface area (TPSA) is 24.1 Å². The zero-order valence-electron chi connectivity index (χ0n) is 7.10. The van der Waals surface area contributed by atoms with Gasteiger partial charge in [0.15, 0.2) is 0 Å². The molecule has 3 heteroatoms. The second-order valence-electron chi connectivity index (χ2n) is 2.66. The predicted octanol–water partition coefficient (Wildman–Crippen LogP) is 1.85. The fraction of sp³-hybridized carbons (Fsp3) is 0.333. The lowest BCUT2D eigenvalue weighted by atomic mass is 10.1. The molecule has 0 aromatic heterocycles. The van der Waals surface area contributed by atoms with E-state index >= 15 is 0 Å². The lowest BCUT2D eigenvalue weighted by molar-refractivity contribution is 0.816. The van der Waals surface area contributed by atoms with Crippen molar-refractivity contribution >= 4 is 22.9 Å². The van der Waals surface area contributed by atoms with Crippen LogP contribution in [0.25, 0.3) is 0 Å². The van der Waals surface area contributed by atoms with Gasteiger partial charge in [0.2, 0.25) is 0 Å². The number of halogens is 1. The van der Waals surface area contributed by atoms with Gasteiger partial charge in [-0.15, -0.1) is 0 Å². The van der Waals surface area contributed by atoms with Crippen LogP contribution in [0.4, 0.5) is 0 Å². The maximum absolute atomic E-state index is 3.12. The third-order valence-electron chi connectivity index (χ3n) is 1.67. The smallest absolute Gasteiger partial charge is 0.0301 e. The molecule has 0 saturated heterocycles. The van der Waals surface area contributed by atoms with Crippen LogP contribution >= 0.6 is 22.9 Å². The van der Waals surface area contributed by atoms with E-state index in [1.54, 1.807) is 0 Å². The molecule has 0 bridgehead atoms. The van der Waals surface area contributed by atoms with Crippen LogP contribution < -0.4 is 8.85 Å². The molecule has 2 nitrogen and oxygen atoms in total. The van der Waals surface area contributed by atoms with Crippen LogP contribution in [-0.4, -0.2) is 7.05 Å². The normalized spacial score (nSPS) is 10.2. The van der Waals surface area contributed by atoms with Gasteiger partial charge in [-0.3, -0.25) is 3.53 Å². The summed E-state index contributed by atoms with van der Waals surface area (Å²) in [6.07, 6.45) is 0. The highest BCUT2D eigenvalue weighted by molar-refractivity contribution is 14.1. The minimum Gasteiger partial charge on any atom is -0.316 e. The highest BCUT2D eigenvalue weighted by Crippen LogP contribution is 2.04. The first kappa shape index (κ1) is 9.95. The molecule has 0 radical (unpaired) electrons. The van der Waals surface area contributed by atoms with Crippen molar-refractivity contribution in [2.24, 2.45) is 0 Å². The minimum absolute atomic E-state index is 0.931. The second-order valence-corrected chi connectivity index (χ2v) is 3.42. The van der Waals surface area contributed by atoms with Crippen LogP contribution in [-0.2, 0) is 13.1 Å². The first-order valence-corrected chi connectivity index (χ1v) is 5.00. The summed E-state index contributed by atoms with van der Waals surface area (Å²) in [5, 5.41) is 3.12. The molecule has 0 aliphatic carbocycles. The maximum atomic E-state index is 3.12. The summed E-state index contributed by atoms with van der Waals surface area (Å²) in [4.78, 5) is 0. The van der Waals surface area contributed by atoms with Gasteiger partial charge >= 0.3 is 0 Å². The Morgan fingerprint density at radius 2 is 1.58 bits per heavy atom. The largest absolute Gasteiger partial charge is 0.316 e. The minimum atomic E-state index is 0.931. The molecule has 66 valence electrons. The molecule has 0 heterocycles. The Morgan fingerprint density at radius 1 is 1.08 bits per heavy atom. The van der Waals surface area contributed by atoms with Crippen molar-refractivity contribution < 1.29 is 0 Å². The van der Waals surface area contributed by atoms with E-state index in [1.807, 2.05) is 7.05 Å². The van der Waals surface area contributed by atoms with Gasteiger partial charge in [0.25, 0.3) is 0 Å². The number of hydrogen-bond acceptors (Lipinski definition) is 2. The van der Waals surface area contributed by atoms with E-state index < -0.39 is 0 Å². The van der Waals surface area contributed by atoms with Crippen LogP contribution in [0.2, 0.25) is 0 Å². The first-order chi connectivity index (χ1) is 5.86. The lowest BCUT2D eigenvalue weighted by Crippen LogP contribution is -2.05. The lowest BCUT2D eigenvalue weighted by Gasteiger charge is -2.01. The van der Waals surface area contributed by atoms with Crippen molar-refractivity contribution in [2.75, 3.05) is 7.05 Å². The van der Waals surface area contributed by atoms with Gasteiger partial charge in [0.1, 0.15) is 0 Å². The zero-order chi connectivity index (χ0) is 8.81. The van der Waals surface area contributed by atoms with E-state index in [4.69, 9.17) is 0 Å². The Hall–Kier alpha value is -0.130. The van der Waals surface area contributed by atoms with E-state index in [9.17, 15) is 0 Å². The molecular weight excluding hydrogens is 263 g/mol. The molecule has 0 aliphatic rings. The summed E-state index contributed by atoms with van der Waals surface area (Å²) < 4.78 is 3.09. The van der Waals surface area contributed by atoms with Gasteiger partial charge in [-0.2, -0.15) is 0 Å². The number of benzene rings is 1.